The van der Waals surface area contributed by atoms with E-state index in [9.17, 15) is 0 Å². The van der Waals surface area contributed by atoms with Gasteiger partial charge in [-0.3, -0.25) is 0 Å². The Morgan fingerprint density at radius 3 is 1.28 bits per heavy atom. The van der Waals surface area contributed by atoms with Crippen molar-refractivity contribution >= 4 is 0 Å². The minimum atomic E-state index is 0. The van der Waals surface area contributed by atoms with E-state index < -0.39 is 0 Å². The molecule has 0 spiro atoms. The van der Waals surface area contributed by atoms with Gasteiger partial charge in [0.1, 0.15) is 0 Å². The SMILES string of the molecule is CC1C(C)C(C)C(C)C1C.CC1CCC2C=CC=CC12.[CH3-].[CH3-].[CH3-].[CH3-].[Zr+4]. The Balaban J connectivity index is -0.000000147. The van der Waals surface area contributed by atoms with Crippen LogP contribution in [0.25, 0.3) is 0 Å². The van der Waals surface area contributed by atoms with Gasteiger partial charge in [-0.15, -0.1) is 0 Å². The Morgan fingerprint density at radius 1 is 0.560 bits per heavy atom. The molecule has 25 heavy (non-hydrogen) atoms. The molecule has 0 saturated heterocycles. The smallest absolute Gasteiger partial charge is 0.358 e. The van der Waals surface area contributed by atoms with E-state index in [1.807, 2.05) is 0 Å². The Kier molecular flexibility index (Phi) is 19.0. The van der Waals surface area contributed by atoms with Gasteiger partial charge in [-0.2, -0.15) is 0 Å². The van der Waals surface area contributed by atoms with E-state index in [0.717, 1.165) is 47.3 Å². The fourth-order valence-electron chi connectivity index (χ4n) is 4.61. The van der Waals surface area contributed by atoms with E-state index in [-0.39, 0.29) is 55.9 Å². The minimum Gasteiger partial charge on any atom is -0.358 e. The molecule has 146 valence electrons. The molecule has 3 atom stereocenters. The van der Waals surface area contributed by atoms with Gasteiger partial charge in [0.2, 0.25) is 0 Å². The number of allylic oxidation sites excluding steroid dienone is 4. The summed E-state index contributed by atoms with van der Waals surface area (Å²) in [5.41, 5.74) is 0. The summed E-state index contributed by atoms with van der Waals surface area (Å²) in [5, 5.41) is 0. The first-order valence-electron chi connectivity index (χ1n) is 8.78. The van der Waals surface area contributed by atoms with E-state index >= 15 is 0 Å². The summed E-state index contributed by atoms with van der Waals surface area (Å²) in [6.07, 6.45) is 12.0. The molecule has 0 heterocycles. The molecule has 0 N–H and O–H groups in total. The van der Waals surface area contributed by atoms with Crippen LogP contribution in [0.5, 0.6) is 0 Å². The largest absolute Gasteiger partial charge is 4.00 e. The van der Waals surface area contributed by atoms with Crippen LogP contribution in [0.3, 0.4) is 0 Å². The van der Waals surface area contributed by atoms with Crippen LogP contribution in [-0.4, -0.2) is 0 Å². The van der Waals surface area contributed by atoms with Gasteiger partial charge in [-0.25, -0.2) is 0 Å². The fourth-order valence-corrected chi connectivity index (χ4v) is 4.61. The van der Waals surface area contributed by atoms with Gasteiger partial charge in [-0.1, -0.05) is 65.8 Å². The summed E-state index contributed by atoms with van der Waals surface area (Å²) in [5.74, 6) is 7.34. The van der Waals surface area contributed by atoms with Gasteiger partial charge in [0.05, 0.1) is 0 Å². The van der Waals surface area contributed by atoms with E-state index in [2.05, 4.69) is 65.8 Å². The molecule has 0 aromatic rings. The van der Waals surface area contributed by atoms with E-state index in [4.69, 9.17) is 0 Å². The van der Waals surface area contributed by atoms with Crippen molar-refractivity contribution in [2.24, 2.45) is 47.3 Å². The third kappa shape index (κ3) is 7.48. The van der Waals surface area contributed by atoms with Crippen LogP contribution in [0.4, 0.5) is 0 Å². The van der Waals surface area contributed by atoms with Gasteiger partial charge >= 0.3 is 26.2 Å². The normalized spacial score (nSPS) is 39.8. The molecule has 2 saturated carbocycles. The Hall–Kier alpha value is 0.363. The summed E-state index contributed by atoms with van der Waals surface area (Å²) in [6.45, 7) is 14.4. The van der Waals surface area contributed by atoms with Crippen molar-refractivity contribution in [2.45, 2.75) is 54.4 Å². The number of hydrogen-bond donors (Lipinski definition) is 0. The van der Waals surface area contributed by atoms with Crippen LogP contribution in [0, 0.1) is 77.0 Å². The third-order valence-electron chi connectivity index (χ3n) is 7.06. The van der Waals surface area contributed by atoms with E-state index in [1.54, 1.807) is 0 Å². The third-order valence-corrected chi connectivity index (χ3v) is 7.06. The monoisotopic (exact) mass is 424 g/mol. The van der Waals surface area contributed by atoms with Gasteiger partial charge < -0.3 is 29.7 Å². The molecule has 3 unspecified atom stereocenters. The first kappa shape index (κ1) is 33.0. The summed E-state index contributed by atoms with van der Waals surface area (Å²) in [4.78, 5) is 0. The van der Waals surface area contributed by atoms with Crippen molar-refractivity contribution in [3.05, 3.63) is 54.0 Å². The average Bonchev–Trinajstić information content (AvgIpc) is 2.92. The van der Waals surface area contributed by atoms with Crippen molar-refractivity contribution in [1.29, 1.82) is 0 Å². The maximum Gasteiger partial charge on any atom is 4.00 e. The van der Waals surface area contributed by atoms with Crippen LogP contribution in [-0.2, 0) is 26.2 Å². The first-order valence-corrected chi connectivity index (χ1v) is 8.78. The zero-order valence-electron chi connectivity index (χ0n) is 18.8. The minimum absolute atomic E-state index is 0. The first-order chi connectivity index (χ1) is 9.43. The molecular formula is C24H46Zr. The van der Waals surface area contributed by atoms with Crippen molar-refractivity contribution in [2.75, 3.05) is 0 Å². The van der Waals surface area contributed by atoms with Crippen LogP contribution < -0.4 is 0 Å². The summed E-state index contributed by atoms with van der Waals surface area (Å²) >= 11 is 0. The molecule has 3 rings (SSSR count). The Morgan fingerprint density at radius 2 is 0.920 bits per heavy atom. The van der Waals surface area contributed by atoms with Gasteiger partial charge in [0.15, 0.2) is 0 Å². The number of hydrogen-bond acceptors (Lipinski definition) is 0. The molecule has 0 bridgehead atoms. The summed E-state index contributed by atoms with van der Waals surface area (Å²) in [6, 6.07) is 0. The molecular weight excluding hydrogens is 379 g/mol. The predicted octanol–water partition coefficient (Wildman–Crippen LogP) is 7.75. The molecule has 2 fully saturated rings. The van der Waals surface area contributed by atoms with E-state index in [1.165, 1.54) is 12.8 Å². The molecule has 0 aromatic carbocycles. The van der Waals surface area contributed by atoms with Crippen LogP contribution in [0.2, 0.25) is 0 Å². The Labute approximate surface area is 181 Å². The molecule has 0 amide bonds. The maximum absolute atomic E-state index is 2.40. The summed E-state index contributed by atoms with van der Waals surface area (Å²) < 4.78 is 0. The van der Waals surface area contributed by atoms with Crippen LogP contribution >= 0.6 is 0 Å². The second-order valence-corrected chi connectivity index (χ2v) is 7.86. The van der Waals surface area contributed by atoms with Crippen molar-refractivity contribution < 1.29 is 26.2 Å². The van der Waals surface area contributed by atoms with Crippen molar-refractivity contribution in [3.8, 4) is 0 Å². The molecule has 3 aliphatic carbocycles. The quantitative estimate of drug-likeness (QED) is 0.348. The second kappa shape index (κ2) is 14.4. The molecule has 0 nitrogen and oxygen atoms in total. The second-order valence-electron chi connectivity index (χ2n) is 7.86. The fraction of sp³-hybridized carbons (Fsp3) is 0.667. The summed E-state index contributed by atoms with van der Waals surface area (Å²) in [7, 11) is 0. The predicted molar refractivity (Wildman–Crippen MR) is 115 cm³/mol. The van der Waals surface area contributed by atoms with Gasteiger partial charge in [0.25, 0.3) is 0 Å². The molecule has 0 aromatic heterocycles. The topological polar surface area (TPSA) is 0 Å². The van der Waals surface area contributed by atoms with Crippen molar-refractivity contribution in [1.82, 2.24) is 0 Å². The van der Waals surface area contributed by atoms with E-state index in [0.29, 0.717) is 0 Å². The van der Waals surface area contributed by atoms with Gasteiger partial charge in [-0.05, 0) is 60.2 Å². The van der Waals surface area contributed by atoms with Gasteiger partial charge in [0, 0.05) is 0 Å². The molecule has 3 aliphatic rings. The standard InChI is InChI=1S/C10H14.C10H20.4CH3.Zr/c1-8-6-7-9-4-2-3-5-10(8)9;1-6-7(2)9(4)10(5)8(6)3;;;;;/h2-5,8-10H,6-7H2,1H3;6-10H,1-5H3;4*1H3;/q;;4*-1;+4. The maximum atomic E-state index is 2.40. The Bertz CT molecular complexity index is 325. The zero-order chi connectivity index (χ0) is 14.9. The van der Waals surface area contributed by atoms with Crippen LogP contribution in [0.1, 0.15) is 54.4 Å². The van der Waals surface area contributed by atoms with Crippen molar-refractivity contribution in [3.63, 3.8) is 0 Å². The average molecular weight is 426 g/mol. The number of rotatable bonds is 0. The molecule has 1 heteroatoms. The number of fused-ring (bicyclic) bond motifs is 1. The van der Waals surface area contributed by atoms with Crippen LogP contribution in [0.15, 0.2) is 24.3 Å². The zero-order valence-corrected chi connectivity index (χ0v) is 21.3. The molecule has 0 radical (unpaired) electrons. The molecule has 0 aliphatic heterocycles.